The van der Waals surface area contributed by atoms with E-state index in [4.69, 9.17) is 18.7 Å². The maximum Gasteiger partial charge on any atom is 0.435 e. The molecule has 2 amide bonds. The zero-order valence-corrected chi connectivity index (χ0v) is 31.4. The lowest BCUT2D eigenvalue weighted by atomic mass is 9.98. The quantitative estimate of drug-likeness (QED) is 0.125. The molecule has 0 saturated carbocycles. The van der Waals surface area contributed by atoms with Crippen molar-refractivity contribution in [1.29, 1.82) is 5.26 Å². The average molecular weight is 696 g/mol. The molecule has 0 N–H and O–H groups in total. The maximum absolute atomic E-state index is 14.1. The number of carbonyl (C=O) groups is 2. The standard InChI is InChI=1S/C40H49N3O6Si/c1-39(2,3)49-38(45)43(47-25-28-16-10-9-11-17-28)30-22-29(26-48-50(7,8)40(4,5)6)36(23-41)42(24-30)37(44)46-27-35-33-20-14-12-18-31(33)32-19-13-15-21-34(32)35/h9-22,30,35-36H,24-27H2,1-8H3/t30-,36+/m1/s1. The van der Waals surface area contributed by atoms with Crippen molar-refractivity contribution in [2.75, 3.05) is 19.8 Å². The molecule has 3 aromatic carbocycles. The van der Waals surface area contributed by atoms with Crippen LogP contribution >= 0.6 is 0 Å². The summed E-state index contributed by atoms with van der Waals surface area (Å²) in [6.07, 6.45) is 0.444. The fourth-order valence-electron chi connectivity index (χ4n) is 5.97. The number of hydroxylamine groups is 2. The molecule has 9 nitrogen and oxygen atoms in total. The predicted octanol–water partition coefficient (Wildman–Crippen LogP) is 8.83. The minimum absolute atomic E-state index is 0.0491. The van der Waals surface area contributed by atoms with Crippen molar-refractivity contribution in [3.63, 3.8) is 0 Å². The van der Waals surface area contributed by atoms with Crippen molar-refractivity contribution >= 4 is 20.5 Å². The van der Waals surface area contributed by atoms with Gasteiger partial charge in [0.15, 0.2) is 8.32 Å². The van der Waals surface area contributed by atoms with Crippen LogP contribution in [-0.4, -0.2) is 67.9 Å². The Morgan fingerprint density at radius 2 is 1.46 bits per heavy atom. The molecule has 264 valence electrons. The number of amides is 2. The number of carbonyl (C=O) groups excluding carboxylic acids is 2. The third-order valence-corrected chi connectivity index (χ3v) is 14.1. The summed E-state index contributed by atoms with van der Waals surface area (Å²) in [6.45, 7) is 16.3. The zero-order chi connectivity index (χ0) is 36.3. The van der Waals surface area contributed by atoms with Crippen LogP contribution in [0.25, 0.3) is 11.1 Å². The molecule has 0 unspecified atom stereocenters. The highest BCUT2D eigenvalue weighted by molar-refractivity contribution is 6.74. The second-order valence-electron chi connectivity index (χ2n) is 15.4. The molecule has 0 spiro atoms. The lowest BCUT2D eigenvalue weighted by Crippen LogP contribution is -2.55. The zero-order valence-electron chi connectivity index (χ0n) is 30.4. The molecule has 0 saturated heterocycles. The second-order valence-corrected chi connectivity index (χ2v) is 20.2. The van der Waals surface area contributed by atoms with E-state index >= 15 is 0 Å². The Balaban J connectivity index is 1.46. The number of ether oxygens (including phenoxy) is 2. The lowest BCUT2D eigenvalue weighted by Gasteiger charge is -2.41. The fourth-order valence-corrected chi connectivity index (χ4v) is 6.93. The highest BCUT2D eigenvalue weighted by Crippen LogP contribution is 2.44. The van der Waals surface area contributed by atoms with Crippen LogP contribution in [0.3, 0.4) is 0 Å². The Labute approximate surface area is 297 Å². The van der Waals surface area contributed by atoms with Crippen LogP contribution in [0.5, 0.6) is 0 Å². The lowest BCUT2D eigenvalue weighted by molar-refractivity contribution is -0.174. The van der Waals surface area contributed by atoms with Crippen LogP contribution in [0.2, 0.25) is 18.1 Å². The van der Waals surface area contributed by atoms with E-state index in [9.17, 15) is 14.9 Å². The van der Waals surface area contributed by atoms with E-state index in [2.05, 4.69) is 64.2 Å². The molecule has 1 heterocycles. The summed E-state index contributed by atoms with van der Waals surface area (Å²) in [5.74, 6) is -0.156. The minimum Gasteiger partial charge on any atom is -0.448 e. The van der Waals surface area contributed by atoms with Gasteiger partial charge in [-0.2, -0.15) is 10.3 Å². The smallest absolute Gasteiger partial charge is 0.435 e. The Bertz CT molecular complexity index is 1710. The fraction of sp³-hybridized carbons (Fsp3) is 0.425. The third kappa shape index (κ3) is 8.29. The molecule has 10 heteroatoms. The van der Waals surface area contributed by atoms with E-state index < -0.39 is 38.2 Å². The van der Waals surface area contributed by atoms with Gasteiger partial charge in [0.05, 0.1) is 25.3 Å². The summed E-state index contributed by atoms with van der Waals surface area (Å²) >= 11 is 0. The van der Waals surface area contributed by atoms with Crippen LogP contribution in [0.15, 0.2) is 90.5 Å². The molecule has 1 aliphatic carbocycles. The third-order valence-electron chi connectivity index (χ3n) is 9.64. The van der Waals surface area contributed by atoms with E-state index in [1.54, 1.807) is 20.8 Å². The summed E-state index contributed by atoms with van der Waals surface area (Å²) in [7, 11) is -2.26. The first-order valence-corrected chi connectivity index (χ1v) is 20.1. The average Bonchev–Trinajstić information content (AvgIpc) is 3.38. The number of hydrogen-bond donors (Lipinski definition) is 0. The molecule has 3 aromatic rings. The minimum atomic E-state index is -2.26. The molecule has 5 rings (SSSR count). The van der Waals surface area contributed by atoms with Crippen molar-refractivity contribution in [3.8, 4) is 17.2 Å². The Kier molecular flexibility index (Phi) is 10.9. The molecule has 50 heavy (non-hydrogen) atoms. The Morgan fingerprint density at radius 3 is 2.02 bits per heavy atom. The van der Waals surface area contributed by atoms with Crippen molar-refractivity contribution in [1.82, 2.24) is 9.96 Å². The normalized spacial score (nSPS) is 17.7. The summed E-state index contributed by atoms with van der Waals surface area (Å²) in [5.41, 5.74) is 5.01. The summed E-state index contributed by atoms with van der Waals surface area (Å²) in [4.78, 5) is 35.4. The number of fused-ring (bicyclic) bond motifs is 3. The Morgan fingerprint density at radius 1 is 0.880 bits per heavy atom. The van der Waals surface area contributed by atoms with Gasteiger partial charge < -0.3 is 13.9 Å². The summed E-state index contributed by atoms with van der Waals surface area (Å²) in [6, 6.07) is 26.3. The van der Waals surface area contributed by atoms with Crippen LogP contribution in [0.1, 0.15) is 64.2 Å². The van der Waals surface area contributed by atoms with Gasteiger partial charge >= 0.3 is 12.2 Å². The van der Waals surface area contributed by atoms with Crippen LogP contribution in [-0.2, 0) is 25.3 Å². The second kappa shape index (κ2) is 14.8. The first kappa shape index (κ1) is 36.8. The van der Waals surface area contributed by atoms with Crippen LogP contribution in [0, 0.1) is 11.3 Å². The van der Waals surface area contributed by atoms with Gasteiger partial charge in [-0.25, -0.2) is 9.59 Å². The first-order chi connectivity index (χ1) is 23.6. The molecular formula is C40H49N3O6Si. The molecule has 0 bridgehead atoms. The van der Waals surface area contributed by atoms with E-state index in [-0.39, 0.29) is 37.3 Å². The van der Waals surface area contributed by atoms with Gasteiger partial charge in [0.2, 0.25) is 0 Å². The largest absolute Gasteiger partial charge is 0.448 e. The topological polar surface area (TPSA) is 101 Å². The van der Waals surface area contributed by atoms with Crippen LogP contribution in [0.4, 0.5) is 9.59 Å². The molecule has 0 radical (unpaired) electrons. The van der Waals surface area contributed by atoms with E-state index in [0.29, 0.717) is 5.57 Å². The van der Waals surface area contributed by atoms with Gasteiger partial charge in [0.25, 0.3) is 0 Å². The monoisotopic (exact) mass is 695 g/mol. The highest BCUT2D eigenvalue weighted by Gasteiger charge is 2.42. The van der Waals surface area contributed by atoms with Crippen molar-refractivity contribution < 1.29 is 28.3 Å². The molecule has 2 atom stereocenters. The number of benzene rings is 3. The predicted molar refractivity (Wildman–Crippen MR) is 195 cm³/mol. The van der Waals surface area contributed by atoms with Crippen LogP contribution < -0.4 is 0 Å². The molecule has 2 aliphatic rings. The van der Waals surface area contributed by atoms with Gasteiger partial charge in [0, 0.05) is 5.92 Å². The van der Waals surface area contributed by atoms with Gasteiger partial charge in [-0.3, -0.25) is 9.74 Å². The number of hydrogen-bond acceptors (Lipinski definition) is 7. The maximum atomic E-state index is 14.1. The van der Waals surface area contributed by atoms with Gasteiger partial charge in [-0.15, -0.1) is 0 Å². The van der Waals surface area contributed by atoms with Gasteiger partial charge in [0.1, 0.15) is 24.9 Å². The van der Waals surface area contributed by atoms with Gasteiger partial charge in [-0.1, -0.05) is 106 Å². The number of rotatable bonds is 9. The summed E-state index contributed by atoms with van der Waals surface area (Å²) < 4.78 is 18.4. The molecule has 1 aliphatic heterocycles. The molecule has 0 aromatic heterocycles. The molecule has 0 fully saturated rings. The van der Waals surface area contributed by atoms with E-state index in [0.717, 1.165) is 27.8 Å². The summed E-state index contributed by atoms with van der Waals surface area (Å²) in [5, 5.41) is 11.6. The number of nitriles is 1. The highest BCUT2D eigenvalue weighted by atomic mass is 28.4. The molecular weight excluding hydrogens is 647 g/mol. The van der Waals surface area contributed by atoms with Crippen molar-refractivity contribution in [3.05, 3.63) is 107 Å². The Hall–Kier alpha value is -4.43. The van der Waals surface area contributed by atoms with Gasteiger partial charge in [-0.05, 0) is 72.3 Å². The SMILES string of the molecule is CC(C)(C)OC(=O)N(OCc1ccccc1)[C@@H]1C=C(CO[Si](C)(C)C(C)(C)C)[C@H](C#N)N(C(=O)OCC2c3ccccc3-c3ccccc32)C1. The number of nitrogens with zero attached hydrogens (tertiary/aromatic N) is 3. The van der Waals surface area contributed by atoms with Crippen molar-refractivity contribution in [2.45, 2.75) is 89.9 Å². The first-order valence-electron chi connectivity index (χ1n) is 17.1. The van der Waals surface area contributed by atoms with E-state index in [1.807, 2.05) is 60.7 Å². The van der Waals surface area contributed by atoms with Crippen molar-refractivity contribution in [2.24, 2.45) is 0 Å². The van der Waals surface area contributed by atoms with E-state index in [1.165, 1.54) is 9.96 Å².